The highest BCUT2D eigenvalue weighted by Gasteiger charge is 2.16. The molecule has 4 rings (SSSR count). The van der Waals surface area contributed by atoms with E-state index in [0.717, 1.165) is 17.4 Å². The summed E-state index contributed by atoms with van der Waals surface area (Å²) in [6.45, 7) is 3.35. The number of nitrogens with zero attached hydrogens (tertiary/aromatic N) is 1. The van der Waals surface area contributed by atoms with Crippen LogP contribution in [0.4, 0.5) is 0 Å². The molecule has 0 bridgehead atoms. The highest BCUT2D eigenvalue weighted by Crippen LogP contribution is 2.33. The second-order valence-electron chi connectivity index (χ2n) is 6.88. The average Bonchev–Trinajstić information content (AvgIpc) is 2.70. The van der Waals surface area contributed by atoms with E-state index in [9.17, 15) is 9.59 Å². The minimum absolute atomic E-state index is 0.0578. The molecule has 0 fully saturated rings. The molecule has 1 N–H and O–H groups in total. The lowest BCUT2D eigenvalue weighted by molar-refractivity contribution is -0.129. The van der Waals surface area contributed by atoms with E-state index in [4.69, 9.17) is 9.47 Å². The Labute approximate surface area is 162 Å². The molecule has 3 aromatic rings. The number of ether oxygens (including phenoxy) is 2. The molecule has 0 saturated heterocycles. The Balaban J connectivity index is 1.58. The van der Waals surface area contributed by atoms with E-state index in [1.165, 1.54) is 6.92 Å². The highest BCUT2D eigenvalue weighted by atomic mass is 16.6. The third kappa shape index (κ3) is 3.86. The van der Waals surface area contributed by atoms with Crippen molar-refractivity contribution in [3.05, 3.63) is 70.0 Å². The molecular formula is C22H22N2O4. The van der Waals surface area contributed by atoms with Gasteiger partial charge in [0, 0.05) is 30.5 Å². The lowest BCUT2D eigenvalue weighted by atomic mass is 10.1. The largest absolute Gasteiger partial charge is 0.486 e. The summed E-state index contributed by atoms with van der Waals surface area (Å²) in [5.74, 6) is 1.25. The first-order valence-electron chi connectivity index (χ1n) is 9.35. The fourth-order valence-electron chi connectivity index (χ4n) is 3.37. The third-order valence-corrected chi connectivity index (χ3v) is 4.90. The molecule has 144 valence electrons. The van der Waals surface area contributed by atoms with Gasteiger partial charge in [-0.1, -0.05) is 30.3 Å². The van der Waals surface area contributed by atoms with Crippen molar-refractivity contribution in [1.29, 1.82) is 0 Å². The van der Waals surface area contributed by atoms with E-state index < -0.39 is 0 Å². The molecule has 0 aliphatic carbocycles. The van der Waals surface area contributed by atoms with Crippen LogP contribution >= 0.6 is 0 Å². The minimum atomic E-state index is -0.199. The Kier molecular flexibility index (Phi) is 5.02. The molecule has 0 atom stereocenters. The van der Waals surface area contributed by atoms with Gasteiger partial charge in [-0.05, 0) is 24.1 Å². The second-order valence-corrected chi connectivity index (χ2v) is 6.88. The van der Waals surface area contributed by atoms with Crippen LogP contribution in [0.5, 0.6) is 11.5 Å². The summed E-state index contributed by atoms with van der Waals surface area (Å²) >= 11 is 0. The second kappa shape index (κ2) is 7.76. The van der Waals surface area contributed by atoms with E-state index in [2.05, 4.69) is 4.98 Å². The van der Waals surface area contributed by atoms with Crippen LogP contribution in [0.25, 0.3) is 10.9 Å². The van der Waals surface area contributed by atoms with Gasteiger partial charge in [-0.3, -0.25) is 9.59 Å². The van der Waals surface area contributed by atoms with Crippen LogP contribution in [0, 0.1) is 0 Å². The molecule has 1 aliphatic heterocycles. The van der Waals surface area contributed by atoms with Crippen molar-refractivity contribution < 1.29 is 14.3 Å². The summed E-state index contributed by atoms with van der Waals surface area (Å²) in [6, 6.07) is 15.5. The molecule has 1 aromatic heterocycles. The number of pyridine rings is 1. The van der Waals surface area contributed by atoms with E-state index >= 15 is 0 Å². The van der Waals surface area contributed by atoms with Crippen molar-refractivity contribution >= 4 is 16.8 Å². The maximum Gasteiger partial charge on any atom is 0.253 e. The summed E-state index contributed by atoms with van der Waals surface area (Å²) < 4.78 is 11.2. The molecule has 1 amide bonds. The van der Waals surface area contributed by atoms with E-state index in [1.54, 1.807) is 11.0 Å². The molecule has 6 nitrogen and oxygen atoms in total. The van der Waals surface area contributed by atoms with Crippen molar-refractivity contribution in [3.63, 3.8) is 0 Å². The van der Waals surface area contributed by atoms with Gasteiger partial charge in [-0.25, -0.2) is 0 Å². The number of hydrogen-bond acceptors (Lipinski definition) is 4. The van der Waals surface area contributed by atoms with Gasteiger partial charge >= 0.3 is 0 Å². The van der Waals surface area contributed by atoms with Crippen LogP contribution in [-0.2, 0) is 17.8 Å². The molecule has 2 heterocycles. The monoisotopic (exact) mass is 378 g/mol. The van der Waals surface area contributed by atoms with Crippen LogP contribution in [0.2, 0.25) is 0 Å². The predicted octanol–water partition coefficient (Wildman–Crippen LogP) is 2.89. The van der Waals surface area contributed by atoms with Gasteiger partial charge in [0.2, 0.25) is 5.91 Å². The number of benzene rings is 2. The van der Waals surface area contributed by atoms with Crippen LogP contribution in [0.15, 0.2) is 53.3 Å². The van der Waals surface area contributed by atoms with Crippen LogP contribution in [0.1, 0.15) is 18.1 Å². The van der Waals surface area contributed by atoms with Gasteiger partial charge < -0.3 is 19.4 Å². The SMILES string of the molecule is CC(=O)N(CCc1ccccc1)Cc1cc2cc3c(cc2[nH]c1=O)OCCO3. The fourth-order valence-corrected chi connectivity index (χ4v) is 3.37. The fraction of sp³-hybridized carbons (Fsp3) is 0.273. The Morgan fingerprint density at radius 1 is 1.07 bits per heavy atom. The number of rotatable bonds is 5. The smallest absolute Gasteiger partial charge is 0.253 e. The van der Waals surface area contributed by atoms with Gasteiger partial charge in [0.1, 0.15) is 13.2 Å². The van der Waals surface area contributed by atoms with Crippen molar-refractivity contribution in [1.82, 2.24) is 9.88 Å². The summed E-state index contributed by atoms with van der Waals surface area (Å²) in [5, 5.41) is 0.852. The van der Waals surface area contributed by atoms with Crippen molar-refractivity contribution in [3.8, 4) is 11.5 Å². The number of hydrogen-bond donors (Lipinski definition) is 1. The number of aromatic amines is 1. The van der Waals surface area contributed by atoms with Gasteiger partial charge in [0.05, 0.1) is 12.1 Å². The number of carbonyl (C=O) groups is 1. The molecule has 1 aliphatic rings. The number of amides is 1. The first-order valence-corrected chi connectivity index (χ1v) is 9.35. The van der Waals surface area contributed by atoms with Crippen LogP contribution in [0.3, 0.4) is 0 Å². The predicted molar refractivity (Wildman–Crippen MR) is 107 cm³/mol. The number of nitrogens with one attached hydrogen (secondary N) is 1. The molecule has 2 aromatic carbocycles. The summed E-state index contributed by atoms with van der Waals surface area (Å²) in [7, 11) is 0. The maximum atomic E-state index is 12.6. The zero-order chi connectivity index (χ0) is 19.5. The van der Waals surface area contributed by atoms with Crippen molar-refractivity contribution in [2.24, 2.45) is 0 Å². The average molecular weight is 378 g/mol. The summed E-state index contributed by atoms with van der Waals surface area (Å²) in [4.78, 5) is 29.3. The first kappa shape index (κ1) is 18.1. The van der Waals surface area contributed by atoms with Gasteiger partial charge in [0.15, 0.2) is 11.5 Å². The Morgan fingerprint density at radius 2 is 1.79 bits per heavy atom. The van der Waals surface area contributed by atoms with Gasteiger partial charge in [-0.15, -0.1) is 0 Å². The Morgan fingerprint density at radius 3 is 2.50 bits per heavy atom. The molecular weight excluding hydrogens is 356 g/mol. The zero-order valence-electron chi connectivity index (χ0n) is 15.7. The van der Waals surface area contributed by atoms with E-state index in [-0.39, 0.29) is 18.0 Å². The number of H-pyrrole nitrogens is 1. The first-order chi connectivity index (χ1) is 13.6. The van der Waals surface area contributed by atoms with Crippen molar-refractivity contribution in [2.45, 2.75) is 19.9 Å². The number of carbonyl (C=O) groups excluding carboxylic acids is 1. The highest BCUT2D eigenvalue weighted by molar-refractivity contribution is 5.83. The normalized spacial score (nSPS) is 12.8. The standard InChI is InChI=1S/C22H22N2O4/c1-15(25)24(8-7-16-5-3-2-4-6-16)14-18-11-17-12-20-21(28-10-9-27-20)13-19(17)23-22(18)26/h2-6,11-13H,7-10,14H2,1H3,(H,23,26). The molecule has 0 spiro atoms. The minimum Gasteiger partial charge on any atom is -0.486 e. The summed E-state index contributed by atoms with van der Waals surface area (Å²) in [6.07, 6.45) is 0.741. The molecule has 0 radical (unpaired) electrons. The molecule has 28 heavy (non-hydrogen) atoms. The Bertz CT molecular complexity index is 1060. The van der Waals surface area contributed by atoms with Crippen molar-refractivity contribution in [2.75, 3.05) is 19.8 Å². The zero-order valence-corrected chi connectivity index (χ0v) is 15.7. The number of aromatic nitrogens is 1. The number of fused-ring (bicyclic) bond motifs is 2. The topological polar surface area (TPSA) is 71.6 Å². The molecule has 0 saturated carbocycles. The van der Waals surface area contributed by atoms with Crippen LogP contribution < -0.4 is 15.0 Å². The Hall–Kier alpha value is -3.28. The van der Waals surface area contributed by atoms with E-state index in [1.807, 2.05) is 42.5 Å². The maximum absolute atomic E-state index is 12.6. The van der Waals surface area contributed by atoms with E-state index in [0.29, 0.717) is 42.3 Å². The third-order valence-electron chi connectivity index (χ3n) is 4.90. The lowest BCUT2D eigenvalue weighted by Gasteiger charge is -2.22. The molecule has 0 unspecified atom stereocenters. The molecule has 6 heteroatoms. The quantitative estimate of drug-likeness (QED) is 0.741. The van der Waals surface area contributed by atoms with Gasteiger partial charge in [0.25, 0.3) is 5.56 Å². The van der Waals surface area contributed by atoms with Gasteiger partial charge in [-0.2, -0.15) is 0 Å². The lowest BCUT2D eigenvalue weighted by Crippen LogP contribution is -2.32. The summed E-state index contributed by atoms with van der Waals surface area (Å²) in [5.41, 5.74) is 2.20. The van der Waals surface area contributed by atoms with Crippen LogP contribution in [-0.4, -0.2) is 35.5 Å².